The predicted molar refractivity (Wildman–Crippen MR) is 126 cm³/mol. The van der Waals surface area contributed by atoms with Gasteiger partial charge in [0, 0.05) is 22.7 Å². The summed E-state index contributed by atoms with van der Waals surface area (Å²) in [5, 5.41) is 3.07. The van der Waals surface area contributed by atoms with E-state index in [1.54, 1.807) is 31.2 Å². The number of aromatic nitrogens is 2. The molecule has 0 radical (unpaired) electrons. The van der Waals surface area contributed by atoms with Crippen molar-refractivity contribution in [3.63, 3.8) is 0 Å². The Bertz CT molecular complexity index is 1560. The number of ether oxygens (including phenoxy) is 1. The number of fused-ring (bicyclic) bond motifs is 1. The molecule has 0 bridgehead atoms. The fraction of sp³-hybridized carbons (Fsp3) is 0.174. The van der Waals surface area contributed by atoms with Crippen molar-refractivity contribution >= 4 is 38.7 Å². The highest BCUT2D eigenvalue weighted by Crippen LogP contribution is 2.30. The van der Waals surface area contributed by atoms with Crippen molar-refractivity contribution in [3.8, 4) is 5.75 Å². The summed E-state index contributed by atoms with van der Waals surface area (Å²) in [7, 11) is -3.53. The molecule has 4 aromatic rings. The van der Waals surface area contributed by atoms with Crippen LogP contribution in [0, 0.1) is 6.92 Å². The third kappa shape index (κ3) is 4.97. The molecule has 0 aliphatic carbocycles. The van der Waals surface area contributed by atoms with E-state index in [1.807, 2.05) is 0 Å². The highest BCUT2D eigenvalue weighted by molar-refractivity contribution is 7.91. The Labute approximate surface area is 199 Å². The molecule has 0 unspecified atom stereocenters. The standard InChI is InChI=1S/C23H20ClN3O6S/c1-3-34(30,31)18-7-8-20(19(12-18)26-23(29)15-5-4-6-16(24)10-15)32-13-17-11-22(28)27-21(25-17)9-14(2)33-27/h4-12H,3,13H2,1-2H3,(H,26,29). The predicted octanol–water partition coefficient (Wildman–Crippen LogP) is 3.87. The van der Waals surface area contributed by atoms with Crippen molar-refractivity contribution < 1.29 is 22.5 Å². The van der Waals surface area contributed by atoms with Crippen LogP contribution in [0.1, 0.15) is 28.7 Å². The number of aryl methyl sites for hydroxylation is 1. The van der Waals surface area contributed by atoms with E-state index in [1.165, 1.54) is 37.3 Å². The normalized spacial score (nSPS) is 11.5. The Balaban J connectivity index is 1.65. The van der Waals surface area contributed by atoms with Gasteiger partial charge >= 0.3 is 0 Å². The molecular weight excluding hydrogens is 482 g/mol. The number of benzene rings is 2. The van der Waals surface area contributed by atoms with Crippen LogP contribution in [0.25, 0.3) is 5.65 Å². The minimum atomic E-state index is -3.53. The van der Waals surface area contributed by atoms with Crippen LogP contribution in [0.15, 0.2) is 68.8 Å². The number of halogens is 1. The van der Waals surface area contributed by atoms with Crippen LogP contribution < -0.4 is 15.6 Å². The number of nitrogens with one attached hydrogen (secondary N) is 1. The Kier molecular flexibility index (Phi) is 6.45. The van der Waals surface area contributed by atoms with Crippen molar-refractivity contribution in [2.75, 3.05) is 11.1 Å². The summed E-state index contributed by atoms with van der Waals surface area (Å²) in [5.74, 6) is 0.134. The number of amides is 1. The van der Waals surface area contributed by atoms with Gasteiger partial charge in [-0.1, -0.05) is 24.6 Å². The number of hydrogen-bond acceptors (Lipinski definition) is 7. The van der Waals surface area contributed by atoms with E-state index in [9.17, 15) is 18.0 Å². The van der Waals surface area contributed by atoms with Gasteiger partial charge in [-0.05, 0) is 43.3 Å². The van der Waals surface area contributed by atoms with Crippen LogP contribution in [0.5, 0.6) is 5.75 Å². The first-order chi connectivity index (χ1) is 16.2. The van der Waals surface area contributed by atoms with Gasteiger partial charge in [0.1, 0.15) is 18.1 Å². The van der Waals surface area contributed by atoms with Crippen LogP contribution >= 0.6 is 11.6 Å². The molecule has 0 saturated heterocycles. The third-order valence-electron chi connectivity index (χ3n) is 4.92. The number of carbonyl (C=O) groups excluding carboxylic acids is 1. The molecule has 0 aliphatic rings. The lowest BCUT2D eigenvalue weighted by atomic mass is 10.2. The Morgan fingerprint density at radius 3 is 2.71 bits per heavy atom. The van der Waals surface area contributed by atoms with Crippen LogP contribution in [-0.2, 0) is 16.4 Å². The molecule has 0 atom stereocenters. The van der Waals surface area contributed by atoms with E-state index < -0.39 is 21.3 Å². The highest BCUT2D eigenvalue weighted by Gasteiger charge is 2.18. The maximum atomic E-state index is 12.8. The SMILES string of the molecule is CCS(=O)(=O)c1ccc(OCc2cc(=O)n3oc(C)cc3n2)c(NC(=O)c2cccc(Cl)c2)c1. The van der Waals surface area contributed by atoms with Gasteiger partial charge in [-0.25, -0.2) is 13.4 Å². The van der Waals surface area contributed by atoms with E-state index in [-0.39, 0.29) is 34.3 Å². The van der Waals surface area contributed by atoms with Crippen molar-refractivity contribution in [2.24, 2.45) is 0 Å². The first kappa shape index (κ1) is 23.5. The molecule has 2 aromatic heterocycles. The van der Waals surface area contributed by atoms with Gasteiger partial charge < -0.3 is 14.6 Å². The lowest BCUT2D eigenvalue weighted by molar-refractivity contribution is 0.102. The van der Waals surface area contributed by atoms with E-state index in [0.29, 0.717) is 22.1 Å². The number of anilines is 1. The number of nitrogens with zero attached hydrogens (tertiary/aromatic N) is 2. The van der Waals surface area contributed by atoms with E-state index in [2.05, 4.69) is 10.3 Å². The van der Waals surface area contributed by atoms with Crippen LogP contribution in [0.4, 0.5) is 5.69 Å². The number of hydrogen-bond donors (Lipinski definition) is 1. The summed E-state index contributed by atoms with van der Waals surface area (Å²) in [6.45, 7) is 3.13. The van der Waals surface area contributed by atoms with Crippen LogP contribution in [-0.4, -0.2) is 29.6 Å². The van der Waals surface area contributed by atoms with Crippen molar-refractivity contribution in [1.82, 2.24) is 9.56 Å². The highest BCUT2D eigenvalue weighted by atomic mass is 35.5. The van der Waals surface area contributed by atoms with Gasteiger partial charge in [-0.15, -0.1) is 4.57 Å². The fourth-order valence-electron chi connectivity index (χ4n) is 3.22. The Morgan fingerprint density at radius 2 is 1.97 bits per heavy atom. The van der Waals surface area contributed by atoms with Crippen LogP contribution in [0.2, 0.25) is 5.02 Å². The molecule has 2 aromatic carbocycles. The topological polar surface area (TPSA) is 120 Å². The van der Waals surface area contributed by atoms with Crippen molar-refractivity contribution in [2.45, 2.75) is 25.3 Å². The second kappa shape index (κ2) is 9.32. The number of carbonyl (C=O) groups is 1. The summed E-state index contributed by atoms with van der Waals surface area (Å²) in [5.41, 5.74) is 0.704. The van der Waals surface area contributed by atoms with Gasteiger partial charge in [-0.2, -0.15) is 0 Å². The van der Waals surface area contributed by atoms with Gasteiger partial charge in [0.15, 0.2) is 15.5 Å². The molecule has 0 spiro atoms. The average molecular weight is 502 g/mol. The smallest absolute Gasteiger partial charge is 0.287 e. The summed E-state index contributed by atoms with van der Waals surface area (Å²) >= 11 is 5.98. The quantitative estimate of drug-likeness (QED) is 0.408. The molecule has 176 valence electrons. The maximum Gasteiger partial charge on any atom is 0.287 e. The largest absolute Gasteiger partial charge is 0.485 e. The molecular formula is C23H20ClN3O6S. The average Bonchev–Trinajstić information content (AvgIpc) is 3.19. The second-order valence-electron chi connectivity index (χ2n) is 7.40. The number of rotatable bonds is 7. The minimum Gasteiger partial charge on any atom is -0.485 e. The lowest BCUT2D eigenvalue weighted by Gasteiger charge is -2.14. The summed E-state index contributed by atoms with van der Waals surface area (Å²) in [4.78, 5) is 29.4. The molecule has 0 saturated carbocycles. The molecule has 1 amide bonds. The van der Waals surface area contributed by atoms with E-state index in [4.69, 9.17) is 20.9 Å². The zero-order valence-corrected chi connectivity index (χ0v) is 19.8. The monoisotopic (exact) mass is 501 g/mol. The van der Waals surface area contributed by atoms with Crippen LogP contribution in [0.3, 0.4) is 0 Å². The molecule has 9 nitrogen and oxygen atoms in total. The molecule has 0 aliphatic heterocycles. The number of sulfone groups is 1. The first-order valence-corrected chi connectivity index (χ1v) is 12.3. The van der Waals surface area contributed by atoms with Gasteiger partial charge in [-0.3, -0.25) is 9.59 Å². The minimum absolute atomic E-state index is 0.0374. The fourth-order valence-corrected chi connectivity index (χ4v) is 4.31. The zero-order chi connectivity index (χ0) is 24.5. The van der Waals surface area contributed by atoms with E-state index >= 15 is 0 Å². The summed E-state index contributed by atoms with van der Waals surface area (Å²) in [6, 6.07) is 13.4. The van der Waals surface area contributed by atoms with Gasteiger partial charge in [0.05, 0.1) is 22.0 Å². The lowest BCUT2D eigenvalue weighted by Crippen LogP contribution is -2.16. The molecule has 4 rings (SSSR count). The Hall–Kier alpha value is -3.63. The molecule has 1 N–H and O–H groups in total. The molecule has 2 heterocycles. The molecule has 0 fully saturated rings. The van der Waals surface area contributed by atoms with Gasteiger partial charge in [0.25, 0.3) is 11.5 Å². The first-order valence-electron chi connectivity index (χ1n) is 10.2. The zero-order valence-electron chi connectivity index (χ0n) is 18.2. The van der Waals surface area contributed by atoms with E-state index in [0.717, 1.165) is 4.57 Å². The summed E-state index contributed by atoms with van der Waals surface area (Å²) < 4.78 is 36.9. The maximum absolute atomic E-state index is 12.8. The summed E-state index contributed by atoms with van der Waals surface area (Å²) in [6.07, 6.45) is 0. The molecule has 34 heavy (non-hydrogen) atoms. The van der Waals surface area contributed by atoms with Crippen molar-refractivity contribution in [1.29, 1.82) is 0 Å². The Morgan fingerprint density at radius 1 is 1.18 bits per heavy atom. The van der Waals surface area contributed by atoms with Gasteiger partial charge in [0.2, 0.25) is 0 Å². The third-order valence-corrected chi connectivity index (χ3v) is 6.89. The molecule has 11 heteroatoms. The second-order valence-corrected chi connectivity index (χ2v) is 10.1. The van der Waals surface area contributed by atoms with Crippen molar-refractivity contribution in [3.05, 3.63) is 87.0 Å².